The van der Waals surface area contributed by atoms with E-state index in [0.29, 0.717) is 29.2 Å². The maximum Gasteiger partial charge on any atom is 0.255 e. The van der Waals surface area contributed by atoms with E-state index in [1.54, 1.807) is 42.5 Å². The fraction of sp³-hybridized carbons (Fsp3) is 0.0769. The molecule has 4 aromatic rings. The van der Waals surface area contributed by atoms with E-state index in [2.05, 4.69) is 27.5 Å². The van der Waals surface area contributed by atoms with Crippen LogP contribution in [0.3, 0.4) is 0 Å². The highest BCUT2D eigenvalue weighted by molar-refractivity contribution is 6.04. The summed E-state index contributed by atoms with van der Waals surface area (Å²) >= 11 is 0. The molecule has 0 spiro atoms. The standard InChI is InChI=1S/C26H23N5O2/c27-23-13-14-24(30-25(23)31-28)20-7-4-8-21(17-20)29-26(32)19-9-11-22(12-10-19)33-16-15-18-5-2-1-3-6-18/h1-14,17,28H,15-16,27H2,(H,29,32). The van der Waals surface area contributed by atoms with Crippen molar-refractivity contribution in [2.75, 3.05) is 17.7 Å². The second-order valence-electron chi connectivity index (χ2n) is 7.36. The third kappa shape index (κ3) is 5.59. The number of benzene rings is 3. The van der Waals surface area contributed by atoms with Crippen molar-refractivity contribution in [1.82, 2.24) is 4.98 Å². The summed E-state index contributed by atoms with van der Waals surface area (Å²) in [6.07, 6.45) is 0.819. The van der Waals surface area contributed by atoms with Crippen LogP contribution in [0.5, 0.6) is 5.75 Å². The fourth-order valence-corrected chi connectivity index (χ4v) is 3.30. The Morgan fingerprint density at radius 1 is 0.970 bits per heavy atom. The lowest BCUT2D eigenvalue weighted by Gasteiger charge is -2.10. The smallest absolute Gasteiger partial charge is 0.255 e. The fourth-order valence-electron chi connectivity index (χ4n) is 3.30. The third-order valence-electron chi connectivity index (χ3n) is 5.05. The van der Waals surface area contributed by atoms with Crippen molar-refractivity contribution < 1.29 is 9.53 Å². The van der Waals surface area contributed by atoms with Gasteiger partial charge in [-0.2, -0.15) is 0 Å². The molecule has 0 aliphatic rings. The van der Waals surface area contributed by atoms with Gasteiger partial charge in [0.1, 0.15) is 5.75 Å². The first-order chi connectivity index (χ1) is 16.1. The lowest BCUT2D eigenvalue weighted by Crippen LogP contribution is -2.12. The van der Waals surface area contributed by atoms with Crippen molar-refractivity contribution >= 4 is 23.1 Å². The van der Waals surface area contributed by atoms with Crippen LogP contribution >= 0.6 is 0 Å². The number of anilines is 2. The van der Waals surface area contributed by atoms with Crippen LogP contribution in [0.2, 0.25) is 0 Å². The molecule has 4 N–H and O–H groups in total. The summed E-state index contributed by atoms with van der Waals surface area (Å²) in [5.41, 5.74) is 17.0. The maximum absolute atomic E-state index is 12.7. The van der Waals surface area contributed by atoms with Gasteiger partial charge in [0, 0.05) is 23.2 Å². The summed E-state index contributed by atoms with van der Waals surface area (Å²) in [5.74, 6) is 0.651. The van der Waals surface area contributed by atoms with E-state index < -0.39 is 0 Å². The monoisotopic (exact) mass is 437 g/mol. The first-order valence-corrected chi connectivity index (χ1v) is 10.4. The minimum atomic E-state index is -0.227. The van der Waals surface area contributed by atoms with Gasteiger partial charge in [-0.25, -0.2) is 10.5 Å². The van der Waals surface area contributed by atoms with E-state index in [4.69, 9.17) is 16.0 Å². The molecule has 3 aromatic carbocycles. The lowest BCUT2D eigenvalue weighted by molar-refractivity contribution is 0.102. The first-order valence-electron chi connectivity index (χ1n) is 10.4. The number of nitrogen functional groups attached to an aromatic ring is 1. The maximum atomic E-state index is 12.7. The minimum absolute atomic E-state index is 0.160. The number of rotatable bonds is 8. The normalized spacial score (nSPS) is 10.4. The summed E-state index contributed by atoms with van der Waals surface area (Å²) in [5, 5.41) is 6.24. The van der Waals surface area contributed by atoms with E-state index in [1.165, 1.54) is 5.56 Å². The Morgan fingerprint density at radius 3 is 2.52 bits per heavy atom. The van der Waals surface area contributed by atoms with Crippen molar-refractivity contribution in [3.63, 3.8) is 0 Å². The number of nitrogens with one attached hydrogen (secondary N) is 2. The number of nitrogens with two attached hydrogens (primary N) is 1. The van der Waals surface area contributed by atoms with Crippen LogP contribution in [0, 0.1) is 5.53 Å². The lowest BCUT2D eigenvalue weighted by atomic mass is 10.1. The summed E-state index contributed by atoms with van der Waals surface area (Å²) in [4.78, 5) is 17.0. The predicted molar refractivity (Wildman–Crippen MR) is 129 cm³/mol. The molecule has 0 fully saturated rings. The molecular weight excluding hydrogens is 414 g/mol. The summed E-state index contributed by atoms with van der Waals surface area (Å²) in [7, 11) is 0. The largest absolute Gasteiger partial charge is 0.493 e. The quantitative estimate of drug-likeness (QED) is 0.299. The van der Waals surface area contributed by atoms with Crippen molar-refractivity contribution in [3.8, 4) is 17.0 Å². The van der Waals surface area contributed by atoms with E-state index in [1.807, 2.05) is 36.4 Å². The van der Waals surface area contributed by atoms with Crippen molar-refractivity contribution in [1.29, 1.82) is 5.53 Å². The summed E-state index contributed by atoms with van der Waals surface area (Å²) in [6.45, 7) is 0.566. The topological polar surface area (TPSA) is 113 Å². The van der Waals surface area contributed by atoms with Crippen molar-refractivity contribution in [3.05, 3.63) is 102 Å². The van der Waals surface area contributed by atoms with Gasteiger partial charge in [0.05, 0.1) is 18.0 Å². The highest BCUT2D eigenvalue weighted by Gasteiger charge is 2.09. The second kappa shape index (κ2) is 10.2. The Balaban J connectivity index is 1.38. The molecule has 1 aromatic heterocycles. The van der Waals surface area contributed by atoms with Crippen LogP contribution in [0.25, 0.3) is 11.3 Å². The highest BCUT2D eigenvalue weighted by atomic mass is 16.5. The van der Waals surface area contributed by atoms with Gasteiger partial charge in [0.25, 0.3) is 5.91 Å². The molecule has 164 valence electrons. The number of amides is 1. The van der Waals surface area contributed by atoms with Gasteiger partial charge in [-0.3, -0.25) is 4.79 Å². The molecule has 0 bridgehead atoms. The Kier molecular flexibility index (Phi) is 6.70. The zero-order valence-electron chi connectivity index (χ0n) is 17.9. The molecule has 33 heavy (non-hydrogen) atoms. The van der Waals surface area contributed by atoms with Crippen LogP contribution in [0.15, 0.2) is 96.1 Å². The molecule has 7 nitrogen and oxygen atoms in total. The van der Waals surface area contributed by atoms with Gasteiger partial charge in [0.15, 0.2) is 5.82 Å². The number of hydrogen-bond acceptors (Lipinski definition) is 6. The molecule has 0 saturated heterocycles. The molecule has 0 saturated carbocycles. The summed E-state index contributed by atoms with van der Waals surface area (Å²) < 4.78 is 5.79. The van der Waals surface area contributed by atoms with Gasteiger partial charge in [-0.15, -0.1) is 5.11 Å². The number of nitrogens with zero attached hydrogens (tertiary/aromatic N) is 2. The van der Waals surface area contributed by atoms with Gasteiger partial charge in [-0.1, -0.05) is 42.5 Å². The molecule has 0 radical (unpaired) electrons. The Morgan fingerprint density at radius 2 is 1.76 bits per heavy atom. The van der Waals surface area contributed by atoms with Crippen molar-refractivity contribution in [2.45, 2.75) is 6.42 Å². The molecular formula is C26H23N5O2. The van der Waals surface area contributed by atoms with Crippen LogP contribution in [0.4, 0.5) is 17.2 Å². The zero-order chi connectivity index (χ0) is 23.0. The molecule has 1 heterocycles. The van der Waals surface area contributed by atoms with Crippen LogP contribution in [-0.4, -0.2) is 17.5 Å². The van der Waals surface area contributed by atoms with E-state index in [0.717, 1.165) is 17.7 Å². The molecule has 0 unspecified atom stereocenters. The number of ether oxygens (including phenoxy) is 1. The third-order valence-corrected chi connectivity index (χ3v) is 5.05. The van der Waals surface area contributed by atoms with E-state index >= 15 is 0 Å². The minimum Gasteiger partial charge on any atom is -0.493 e. The predicted octanol–water partition coefficient (Wildman–Crippen LogP) is 5.87. The van der Waals surface area contributed by atoms with Crippen LogP contribution < -0.4 is 15.8 Å². The Labute approximate surface area is 191 Å². The van der Waals surface area contributed by atoms with Crippen molar-refractivity contribution in [2.24, 2.45) is 5.11 Å². The van der Waals surface area contributed by atoms with Gasteiger partial charge in [-0.05, 0) is 54.1 Å². The SMILES string of the molecule is N=Nc1nc(-c2cccc(NC(=O)c3ccc(OCCc4ccccc4)cc3)c2)ccc1N. The molecule has 4 rings (SSSR count). The van der Waals surface area contributed by atoms with Gasteiger partial charge >= 0.3 is 0 Å². The number of hydrogen-bond donors (Lipinski definition) is 3. The molecule has 7 heteroatoms. The number of pyridine rings is 1. The van der Waals surface area contributed by atoms with E-state index in [9.17, 15) is 4.79 Å². The molecule has 0 aliphatic heterocycles. The summed E-state index contributed by atoms with van der Waals surface area (Å²) in [6, 6.07) is 27.9. The molecule has 0 atom stereocenters. The number of carbonyl (C=O) groups excluding carboxylic acids is 1. The molecule has 0 aliphatic carbocycles. The number of aromatic nitrogens is 1. The van der Waals surface area contributed by atoms with Gasteiger partial charge in [0.2, 0.25) is 0 Å². The molecule has 1 amide bonds. The van der Waals surface area contributed by atoms with Gasteiger partial charge < -0.3 is 15.8 Å². The average molecular weight is 438 g/mol. The Hall–Kier alpha value is -4.52. The van der Waals surface area contributed by atoms with E-state index in [-0.39, 0.29) is 11.7 Å². The second-order valence-corrected chi connectivity index (χ2v) is 7.36. The number of carbonyl (C=O) groups is 1. The Bertz CT molecular complexity index is 1260. The first kappa shape index (κ1) is 21.7. The average Bonchev–Trinajstić information content (AvgIpc) is 2.85. The van der Waals surface area contributed by atoms with Crippen LogP contribution in [0.1, 0.15) is 15.9 Å². The van der Waals surface area contributed by atoms with Crippen LogP contribution in [-0.2, 0) is 6.42 Å². The zero-order valence-corrected chi connectivity index (χ0v) is 17.9. The highest BCUT2D eigenvalue weighted by Crippen LogP contribution is 2.27.